The van der Waals surface area contributed by atoms with Crippen LogP contribution in [0.5, 0.6) is 0 Å². The van der Waals surface area contributed by atoms with Crippen molar-refractivity contribution in [2.75, 3.05) is 19.7 Å². The average molecular weight is 527 g/mol. The highest BCUT2D eigenvalue weighted by Crippen LogP contribution is 2.53. The lowest BCUT2D eigenvalue weighted by atomic mass is 9.94. The maximum Gasteiger partial charge on any atom is 0.240 e. The second kappa shape index (κ2) is 15.2. The Labute approximate surface area is 230 Å². The van der Waals surface area contributed by atoms with Crippen molar-refractivity contribution >= 4 is 35.4 Å². The Balaban J connectivity index is 0.00000127. The molecule has 2 aliphatic rings. The molecule has 0 saturated carbocycles. The van der Waals surface area contributed by atoms with Crippen molar-refractivity contribution < 1.29 is 9.90 Å². The second-order valence-electron chi connectivity index (χ2n) is 10.0. The third-order valence-corrected chi connectivity index (χ3v) is 7.36. The maximum atomic E-state index is 13.7. The first-order chi connectivity index (χ1) is 17.6. The van der Waals surface area contributed by atoms with Crippen LogP contribution in [0.15, 0.2) is 42.4 Å². The highest BCUT2D eigenvalue weighted by atomic mass is 32.2. The molecule has 2 heterocycles. The number of aliphatic hydroxyl groups is 1. The number of amides is 1. The minimum Gasteiger partial charge on any atom is -0.396 e. The quantitative estimate of drug-likeness (QED) is 0.388. The summed E-state index contributed by atoms with van der Waals surface area (Å²) in [4.78, 5) is 16.4. The van der Waals surface area contributed by atoms with E-state index < -0.39 is 0 Å². The predicted molar refractivity (Wildman–Crippen MR) is 165 cm³/mol. The summed E-state index contributed by atoms with van der Waals surface area (Å²) in [6, 6.07) is 0. The number of aromatic nitrogens is 1. The van der Waals surface area contributed by atoms with Crippen molar-refractivity contribution in [2.24, 2.45) is 11.3 Å². The van der Waals surface area contributed by atoms with Gasteiger partial charge in [0, 0.05) is 59.0 Å². The summed E-state index contributed by atoms with van der Waals surface area (Å²) in [7, 11) is 0. The van der Waals surface area contributed by atoms with Gasteiger partial charge in [0.25, 0.3) is 0 Å². The van der Waals surface area contributed by atoms with Gasteiger partial charge in [0.1, 0.15) is 5.25 Å². The summed E-state index contributed by atoms with van der Waals surface area (Å²) >= 11 is 1.54. The molecule has 1 aliphatic heterocycles. The Morgan fingerprint density at radius 1 is 1.16 bits per heavy atom. The van der Waals surface area contributed by atoms with Gasteiger partial charge >= 0.3 is 0 Å². The molecule has 0 saturated heterocycles. The van der Waals surface area contributed by atoms with E-state index in [0.29, 0.717) is 25.6 Å². The normalized spacial score (nSPS) is 19.1. The fraction of sp³-hybridized carbons (Fsp3) is 0.531. The van der Waals surface area contributed by atoms with E-state index in [4.69, 9.17) is 0 Å². The summed E-state index contributed by atoms with van der Waals surface area (Å²) in [5.41, 5.74) is 4.93. The van der Waals surface area contributed by atoms with Crippen molar-refractivity contribution in [3.63, 3.8) is 0 Å². The van der Waals surface area contributed by atoms with Crippen LogP contribution < -0.4 is 0 Å². The van der Waals surface area contributed by atoms with Crippen LogP contribution in [0.3, 0.4) is 0 Å². The zero-order valence-corrected chi connectivity index (χ0v) is 25.5. The first kappa shape index (κ1) is 32.8. The van der Waals surface area contributed by atoms with Gasteiger partial charge in [0.05, 0.1) is 5.69 Å². The molecule has 5 heteroatoms. The van der Waals surface area contributed by atoms with Gasteiger partial charge in [-0.3, -0.25) is 4.79 Å². The van der Waals surface area contributed by atoms with E-state index in [1.807, 2.05) is 38.7 Å². The van der Waals surface area contributed by atoms with Gasteiger partial charge in [0.15, 0.2) is 0 Å². The summed E-state index contributed by atoms with van der Waals surface area (Å²) in [6.07, 6.45) is 13.7. The number of aliphatic hydroxyl groups excluding tert-OH is 1. The minimum absolute atomic E-state index is 0.0721. The van der Waals surface area contributed by atoms with Gasteiger partial charge in [-0.25, -0.2) is 0 Å². The van der Waals surface area contributed by atoms with Crippen molar-refractivity contribution in [2.45, 2.75) is 80.5 Å². The largest absolute Gasteiger partial charge is 0.396 e. The third-order valence-electron chi connectivity index (χ3n) is 6.18. The van der Waals surface area contributed by atoms with Crippen molar-refractivity contribution in [3.05, 3.63) is 64.9 Å². The number of fused-ring (bicyclic) bond motifs is 3. The van der Waals surface area contributed by atoms with Crippen LogP contribution in [0, 0.1) is 11.3 Å². The van der Waals surface area contributed by atoms with Gasteiger partial charge in [-0.15, -0.1) is 11.8 Å². The van der Waals surface area contributed by atoms with E-state index >= 15 is 0 Å². The third kappa shape index (κ3) is 7.64. The smallest absolute Gasteiger partial charge is 0.240 e. The Morgan fingerprint density at radius 2 is 1.73 bits per heavy atom. The van der Waals surface area contributed by atoms with Crippen molar-refractivity contribution in [1.82, 2.24) is 9.47 Å². The van der Waals surface area contributed by atoms with E-state index in [-0.39, 0.29) is 23.2 Å². The van der Waals surface area contributed by atoms with Gasteiger partial charge in [-0.05, 0) is 25.8 Å². The molecule has 0 spiro atoms. The minimum atomic E-state index is -0.349. The zero-order valence-electron chi connectivity index (χ0n) is 24.7. The Hall–Kier alpha value is -2.24. The molecule has 2 unspecified atom stereocenters. The molecule has 0 fully saturated rings. The predicted octanol–water partition coefficient (Wildman–Crippen LogP) is 8.36. The van der Waals surface area contributed by atoms with Crippen molar-refractivity contribution in [1.29, 1.82) is 0 Å². The van der Waals surface area contributed by atoms with E-state index in [2.05, 4.69) is 76.6 Å². The number of rotatable bonds is 7. The standard InChI is InChI=1S/C27H36N2O2S.C3H8.C2H6/c1-8-11-20-19(5)32-25(26(31)28(9-2)10-3)23-21-14-12-18(4)13-15-22(21)29(24(20)23)16-27(6,7)17-30;1-3-2;1-2/h8,11-15,18,25,30H,1,5,9-10,16-17H2,2-4,6-7H3;3H2,1-2H3;1-2H3/b20-11+;;. The van der Waals surface area contributed by atoms with Gasteiger partial charge in [-0.1, -0.05) is 98.4 Å². The number of nitrogens with zero attached hydrogens (tertiary/aromatic N) is 2. The number of thioether (sulfide) groups is 1. The van der Waals surface area contributed by atoms with E-state index in [0.717, 1.165) is 33.0 Å². The van der Waals surface area contributed by atoms with E-state index in [1.54, 1.807) is 6.08 Å². The topological polar surface area (TPSA) is 45.5 Å². The molecule has 4 nitrogen and oxygen atoms in total. The Bertz CT molecular complexity index is 1020. The van der Waals surface area contributed by atoms with Crippen LogP contribution in [-0.4, -0.2) is 40.2 Å². The highest BCUT2D eigenvalue weighted by Gasteiger charge is 2.40. The van der Waals surface area contributed by atoms with Crippen LogP contribution >= 0.6 is 11.8 Å². The average Bonchev–Trinajstić information content (AvgIpc) is 3.03. The van der Waals surface area contributed by atoms with Crippen LogP contribution in [0.1, 0.15) is 96.5 Å². The van der Waals surface area contributed by atoms with Crippen LogP contribution in [0.2, 0.25) is 0 Å². The van der Waals surface area contributed by atoms with Crippen LogP contribution in [0.25, 0.3) is 17.7 Å². The fourth-order valence-corrected chi connectivity index (χ4v) is 5.53. The molecule has 1 N–H and O–H groups in total. The lowest BCUT2D eigenvalue weighted by Gasteiger charge is -2.32. The number of hydrogen-bond donors (Lipinski definition) is 1. The molecule has 1 aliphatic carbocycles. The first-order valence-electron chi connectivity index (χ1n) is 13.8. The number of carbonyl (C=O) groups is 1. The first-order valence-corrected chi connectivity index (χ1v) is 14.7. The zero-order chi connectivity index (χ0) is 28.3. The summed E-state index contributed by atoms with van der Waals surface area (Å²) in [5, 5.41) is 9.69. The van der Waals surface area contributed by atoms with Crippen LogP contribution in [0.4, 0.5) is 0 Å². The molecule has 1 amide bonds. The second-order valence-corrected chi connectivity index (χ2v) is 11.2. The summed E-state index contributed by atoms with van der Waals surface area (Å²) in [5.74, 6) is 0.430. The molecule has 37 heavy (non-hydrogen) atoms. The molecule has 206 valence electrons. The van der Waals surface area contributed by atoms with Crippen molar-refractivity contribution in [3.8, 4) is 0 Å². The van der Waals surface area contributed by atoms with E-state index in [1.165, 1.54) is 18.2 Å². The highest BCUT2D eigenvalue weighted by molar-refractivity contribution is 8.04. The van der Waals surface area contributed by atoms with Gasteiger partial charge < -0.3 is 14.6 Å². The molecule has 0 bridgehead atoms. The maximum absolute atomic E-state index is 13.7. The molecule has 2 atom stereocenters. The van der Waals surface area contributed by atoms with E-state index in [9.17, 15) is 9.90 Å². The molecular formula is C32H50N2O2S. The number of likely N-dealkylation sites (N-methyl/N-ethyl adjacent to an activating group) is 1. The Morgan fingerprint density at radius 3 is 2.24 bits per heavy atom. The lowest BCUT2D eigenvalue weighted by molar-refractivity contribution is -0.130. The van der Waals surface area contributed by atoms with Gasteiger partial charge in [0.2, 0.25) is 5.91 Å². The number of hydrogen-bond acceptors (Lipinski definition) is 3. The molecule has 3 rings (SSSR count). The number of carbonyl (C=O) groups excluding carboxylic acids is 1. The van der Waals surface area contributed by atoms with Crippen LogP contribution in [-0.2, 0) is 11.3 Å². The Kier molecular flexibility index (Phi) is 13.5. The molecule has 0 radical (unpaired) electrons. The summed E-state index contributed by atoms with van der Waals surface area (Å²) in [6.45, 7) is 28.9. The summed E-state index contributed by atoms with van der Waals surface area (Å²) < 4.78 is 2.28. The number of allylic oxidation sites excluding steroid dienone is 5. The molecule has 1 aromatic rings. The van der Waals surface area contributed by atoms with Gasteiger partial charge in [-0.2, -0.15) is 0 Å². The molecule has 0 aromatic carbocycles. The monoisotopic (exact) mass is 526 g/mol. The molecular weight excluding hydrogens is 476 g/mol. The molecule has 1 aromatic heterocycles. The lowest BCUT2D eigenvalue weighted by Crippen LogP contribution is -2.35. The fourth-order valence-electron chi connectivity index (χ4n) is 4.35. The SMILES string of the molecule is C=C/C=C1\C(=C)SC(C(=O)N(CC)CC)c2c3c(n(CC(C)(C)CO)c21)C=CC(C)C=C3.CC.CCC.